The molecule has 0 aromatic rings. The van der Waals surface area contributed by atoms with Gasteiger partial charge in [0.15, 0.2) is 0 Å². The third-order valence-corrected chi connectivity index (χ3v) is 0. The molecule has 0 aromatic carbocycles. The van der Waals surface area contributed by atoms with Gasteiger partial charge in [-0.25, -0.2) is 0 Å². The smallest absolute Gasteiger partial charge is 0.109 e. The molecule has 0 aliphatic carbocycles. The molecule has 0 unspecified atom stereocenters. The zero-order valence-electron chi connectivity index (χ0n) is 1.79. The van der Waals surface area contributed by atoms with Gasteiger partial charge in [-0.2, -0.15) is 11.1 Å². The fourth-order valence-electron chi connectivity index (χ4n) is 0. The first-order chi connectivity index (χ1) is 1.00. The van der Waals surface area contributed by atoms with E-state index >= 15 is 0 Å². The topological polar surface area (TPSA) is 0 Å². The van der Waals surface area contributed by atoms with Crippen molar-refractivity contribution >= 4 is 20.6 Å². The largest absolute Gasteiger partial charge is 0.269 e. The molecule has 0 saturated heterocycles. The molecule has 0 spiro atoms. The van der Waals surface area contributed by atoms with Crippen molar-refractivity contribution in [3.05, 3.63) is 0 Å². The summed E-state index contributed by atoms with van der Waals surface area (Å²) in [5.74, 6) is 0. The summed E-state index contributed by atoms with van der Waals surface area (Å²) in [6, 6.07) is 0. The van der Waals surface area contributed by atoms with Crippen LogP contribution in [0.25, 0.3) is 0 Å². The van der Waals surface area contributed by atoms with Crippen molar-refractivity contribution in [2.45, 2.75) is 7.43 Å². The Balaban J connectivity index is -0.00000000500. The first kappa shape index (κ1) is 25.4. The van der Waals surface area contributed by atoms with Gasteiger partial charge in [0.25, 0.3) is 0 Å². The van der Waals surface area contributed by atoms with Crippen molar-refractivity contribution in [2.24, 2.45) is 0 Å². The number of rotatable bonds is 0. The Hall–Kier alpha value is 0.437. The summed E-state index contributed by atoms with van der Waals surface area (Å²) in [5.41, 5.74) is 0. The van der Waals surface area contributed by atoms with Crippen molar-refractivity contribution in [1.29, 1.82) is 0 Å². The van der Waals surface area contributed by atoms with Gasteiger partial charge >= 0.3 is 0 Å². The Morgan fingerprint density at radius 2 is 1.25 bits per heavy atom. The van der Waals surface area contributed by atoms with Crippen LogP contribution in [-0.2, 0) is 0 Å². The van der Waals surface area contributed by atoms with Crippen LogP contribution in [0.15, 0.2) is 0 Å². The van der Waals surface area contributed by atoms with E-state index in [2.05, 4.69) is 0 Å². The van der Waals surface area contributed by atoms with E-state index in [1.807, 2.05) is 0 Å². The van der Waals surface area contributed by atoms with Crippen LogP contribution in [0.3, 0.4) is 0 Å². The van der Waals surface area contributed by atoms with Gasteiger partial charge in [0.05, 0.1) is 0 Å². The third kappa shape index (κ3) is 26.4. The number of hydrogen-bond donors (Lipinski definition) is 0. The van der Waals surface area contributed by atoms with Crippen molar-refractivity contribution in [2.75, 3.05) is 0 Å². The fraction of sp³-hybridized carbons (Fsp3) is 1.00. The lowest BCUT2D eigenvalue weighted by atomic mass is 12.0. The average molecular weight is 103 g/mol. The molecule has 0 saturated carbocycles. The van der Waals surface area contributed by atoms with Crippen LogP contribution < -0.4 is 0 Å². The highest BCUT2D eigenvalue weighted by atomic mass is 35.6. The van der Waals surface area contributed by atoms with Crippen LogP contribution in [0.5, 0.6) is 0 Å². The molecule has 0 amide bonds. The first-order valence-electron chi connectivity index (χ1n) is 0.378. The summed E-state index contributed by atoms with van der Waals surface area (Å²) in [6.45, 7) is 0. The van der Waals surface area contributed by atoms with E-state index in [9.17, 15) is 0 Å². The summed E-state index contributed by atoms with van der Waals surface area (Å²) >= 11 is 4.78. The predicted molar refractivity (Wildman–Crippen MR) is 25.0 cm³/mol. The van der Waals surface area contributed by atoms with Gasteiger partial charge in [0, 0.05) is 0 Å². The Labute approximate surface area is 33.7 Å². The van der Waals surface area contributed by atoms with Gasteiger partial charge in [-0.15, -0.1) is 0 Å². The molecule has 0 nitrogen and oxygen atoms in total. The van der Waals surface area contributed by atoms with E-state index in [0.717, 1.165) is 9.55 Å². The van der Waals surface area contributed by atoms with Gasteiger partial charge < -0.3 is 0 Å². The van der Waals surface area contributed by atoms with Crippen molar-refractivity contribution in [1.82, 2.24) is 0 Å². The van der Waals surface area contributed by atoms with E-state index in [1.165, 1.54) is 0 Å². The monoisotopic (exact) mass is 102 g/mol. The van der Waals surface area contributed by atoms with Crippen LogP contribution in [0.2, 0.25) is 0 Å². The molecule has 0 radical (unpaired) electrons. The molecule has 0 aliphatic heterocycles. The number of hydrogen-bond acceptors (Lipinski definition) is 0. The fourth-order valence-corrected chi connectivity index (χ4v) is 0. The highest BCUT2D eigenvalue weighted by molar-refractivity contribution is 6.80. The summed E-state index contributed by atoms with van der Waals surface area (Å²) in [6.07, 6.45) is 0. The molecule has 0 aromatic heterocycles. The highest BCUT2D eigenvalue weighted by Gasteiger charge is 0.975. The lowest BCUT2D eigenvalue weighted by molar-refractivity contribution is 1.11. The molecular weight excluding hydrogens is 94.5 g/mol. The predicted octanol–water partition coefficient (Wildman–Crippen LogP) is 0.294. The van der Waals surface area contributed by atoms with Crippen molar-refractivity contribution in [3.8, 4) is 0 Å². The Kier molecular flexibility index (Phi) is 679. The first-order valence-corrected chi connectivity index (χ1v) is 3.40. The van der Waals surface area contributed by atoms with Crippen LogP contribution in [0.1, 0.15) is 7.43 Å². The maximum atomic E-state index is 4.78. The molecule has 3 heteroatoms. The second kappa shape index (κ2) is 107. The highest BCUT2D eigenvalue weighted by Crippen LogP contribution is 1.29. The van der Waals surface area contributed by atoms with Gasteiger partial charge in [-0.05, 0) is 0 Å². The van der Waals surface area contributed by atoms with Crippen LogP contribution in [0.4, 0.5) is 4.70 Å². The standard InChI is InChI=1S/CH4.ClH3Si.FH/c;1-2;/h1H4;2H3;1H. The van der Waals surface area contributed by atoms with E-state index in [0.29, 0.717) is 0 Å². The van der Waals surface area contributed by atoms with E-state index in [4.69, 9.17) is 11.1 Å². The van der Waals surface area contributed by atoms with Crippen LogP contribution in [0, 0.1) is 0 Å². The molecular formula is CH8ClFSi. The third-order valence-electron chi connectivity index (χ3n) is 0. The Bertz CT molecular complexity index is 8.00. The molecule has 0 N–H and O–H groups in total. The molecule has 0 bridgehead atoms. The lowest BCUT2D eigenvalue weighted by Gasteiger charge is -1.05. The second-order valence-corrected chi connectivity index (χ2v) is 0. The van der Waals surface area contributed by atoms with E-state index in [1.54, 1.807) is 0 Å². The number of halogens is 2. The van der Waals surface area contributed by atoms with E-state index < -0.39 is 0 Å². The maximum absolute atomic E-state index is 4.78. The molecule has 0 atom stereocenters. The van der Waals surface area contributed by atoms with Gasteiger partial charge in [-0.3, -0.25) is 4.70 Å². The molecule has 30 valence electrons. The minimum Gasteiger partial charge on any atom is -0.269 e. The zero-order chi connectivity index (χ0) is 2.00. The summed E-state index contributed by atoms with van der Waals surface area (Å²) < 4.78 is 0. The van der Waals surface area contributed by atoms with Gasteiger partial charge in [0.2, 0.25) is 0 Å². The van der Waals surface area contributed by atoms with Crippen molar-refractivity contribution < 1.29 is 4.70 Å². The van der Waals surface area contributed by atoms with Crippen LogP contribution in [-0.4, -0.2) is 9.55 Å². The summed E-state index contributed by atoms with van der Waals surface area (Å²) in [5, 5.41) is 0. The normalized spacial score (nSPS) is 2.25. The lowest BCUT2D eigenvalue weighted by Crippen LogP contribution is -0.980. The summed E-state index contributed by atoms with van der Waals surface area (Å²) in [7, 11) is 0.778. The van der Waals surface area contributed by atoms with Gasteiger partial charge in [0.1, 0.15) is 9.55 Å². The minimum atomic E-state index is 0. The molecule has 0 aliphatic rings. The Morgan fingerprint density at radius 3 is 1.25 bits per heavy atom. The SMILES string of the molecule is C.F.[SiH3]Cl. The summed E-state index contributed by atoms with van der Waals surface area (Å²) in [4.78, 5) is 0. The minimum absolute atomic E-state index is 0. The molecule has 0 fully saturated rings. The second-order valence-electron chi connectivity index (χ2n) is 0. The molecule has 0 rings (SSSR count). The molecule has 0 heterocycles. The Morgan fingerprint density at radius 1 is 1.25 bits per heavy atom. The molecule has 4 heavy (non-hydrogen) atoms. The van der Waals surface area contributed by atoms with Crippen LogP contribution >= 0.6 is 11.1 Å². The zero-order valence-corrected chi connectivity index (χ0v) is 4.54. The van der Waals surface area contributed by atoms with Gasteiger partial charge in [-0.1, -0.05) is 7.43 Å². The van der Waals surface area contributed by atoms with Crippen molar-refractivity contribution in [3.63, 3.8) is 0 Å². The maximum Gasteiger partial charge on any atom is 0.109 e. The average Bonchev–Trinajstić information content (AvgIpc) is 1.00. The quantitative estimate of drug-likeness (QED) is 0.305. The van der Waals surface area contributed by atoms with E-state index in [-0.39, 0.29) is 12.1 Å².